The molecule has 1 unspecified atom stereocenters. The molecule has 0 bridgehead atoms. The van der Waals surface area contributed by atoms with E-state index in [0.29, 0.717) is 0 Å². The minimum absolute atomic E-state index is 0.0592. The molecule has 0 saturated carbocycles. The number of nitro groups is 1. The Labute approximate surface area is 115 Å². The van der Waals surface area contributed by atoms with Crippen LogP contribution in [0.1, 0.15) is 12.5 Å². The van der Waals surface area contributed by atoms with E-state index < -0.39 is 4.92 Å². The normalized spacial score (nSPS) is 12.1. The van der Waals surface area contributed by atoms with Crippen LogP contribution in [-0.2, 0) is 6.42 Å². The Morgan fingerprint density at radius 3 is 2.84 bits per heavy atom. The van der Waals surface area contributed by atoms with Gasteiger partial charge in [-0.25, -0.2) is 0 Å². The van der Waals surface area contributed by atoms with Crippen molar-refractivity contribution in [2.75, 3.05) is 11.1 Å². The molecule has 2 aromatic rings. The van der Waals surface area contributed by atoms with E-state index >= 15 is 0 Å². The van der Waals surface area contributed by atoms with Crippen molar-refractivity contribution in [2.45, 2.75) is 19.4 Å². The molecule has 19 heavy (non-hydrogen) atoms. The third kappa shape index (κ3) is 3.45. The monoisotopic (exact) mass is 277 g/mol. The Bertz CT molecular complexity index is 569. The van der Waals surface area contributed by atoms with Gasteiger partial charge in [0.25, 0.3) is 5.69 Å². The molecule has 1 atom stereocenters. The van der Waals surface area contributed by atoms with Crippen molar-refractivity contribution >= 4 is 28.4 Å². The fourth-order valence-electron chi connectivity index (χ4n) is 1.91. The molecule has 1 aromatic heterocycles. The van der Waals surface area contributed by atoms with E-state index in [1.54, 1.807) is 23.5 Å². The van der Waals surface area contributed by atoms with Gasteiger partial charge < -0.3 is 11.1 Å². The van der Waals surface area contributed by atoms with Crippen molar-refractivity contribution in [3.05, 3.63) is 50.7 Å². The molecule has 0 aliphatic heterocycles. The number of rotatable bonds is 5. The number of nitro benzene ring substituents is 1. The van der Waals surface area contributed by atoms with Crippen molar-refractivity contribution in [3.63, 3.8) is 0 Å². The fourth-order valence-corrected chi connectivity index (χ4v) is 2.59. The number of nitrogens with zero attached hydrogens (tertiary/aromatic N) is 1. The molecule has 6 heteroatoms. The SMILES string of the molecule is CC(Cc1ccsc1)Nc1ccc([N+](=O)[O-])c(N)c1. The summed E-state index contributed by atoms with van der Waals surface area (Å²) in [4.78, 5) is 10.2. The third-order valence-electron chi connectivity index (χ3n) is 2.76. The molecule has 3 N–H and O–H groups in total. The zero-order chi connectivity index (χ0) is 13.8. The van der Waals surface area contributed by atoms with Gasteiger partial charge in [0.2, 0.25) is 0 Å². The summed E-state index contributed by atoms with van der Waals surface area (Å²) in [5.41, 5.74) is 7.85. The maximum absolute atomic E-state index is 10.7. The molecule has 0 aliphatic carbocycles. The first kappa shape index (κ1) is 13.4. The lowest BCUT2D eigenvalue weighted by molar-refractivity contribution is -0.383. The van der Waals surface area contributed by atoms with Crippen molar-refractivity contribution in [1.82, 2.24) is 0 Å². The zero-order valence-corrected chi connectivity index (χ0v) is 11.3. The van der Waals surface area contributed by atoms with Crippen LogP contribution in [0, 0.1) is 10.1 Å². The van der Waals surface area contributed by atoms with E-state index in [0.717, 1.165) is 12.1 Å². The molecule has 0 spiro atoms. The van der Waals surface area contributed by atoms with E-state index in [1.807, 2.05) is 5.38 Å². The molecule has 0 amide bonds. The summed E-state index contributed by atoms with van der Waals surface area (Å²) in [6.45, 7) is 2.06. The molecule has 1 aromatic carbocycles. The third-order valence-corrected chi connectivity index (χ3v) is 3.49. The Balaban J connectivity index is 2.03. The molecule has 100 valence electrons. The van der Waals surface area contributed by atoms with Crippen LogP contribution in [0.4, 0.5) is 17.1 Å². The van der Waals surface area contributed by atoms with E-state index in [1.165, 1.54) is 11.6 Å². The van der Waals surface area contributed by atoms with Gasteiger partial charge in [-0.05, 0) is 47.9 Å². The highest BCUT2D eigenvalue weighted by molar-refractivity contribution is 7.07. The zero-order valence-electron chi connectivity index (χ0n) is 10.5. The summed E-state index contributed by atoms with van der Waals surface area (Å²) >= 11 is 1.67. The van der Waals surface area contributed by atoms with Crippen LogP contribution < -0.4 is 11.1 Å². The average molecular weight is 277 g/mol. The molecular weight excluding hydrogens is 262 g/mol. The molecule has 0 aliphatic rings. The van der Waals surface area contributed by atoms with Gasteiger partial charge in [0.1, 0.15) is 5.69 Å². The summed E-state index contributed by atoms with van der Waals surface area (Å²) in [6.07, 6.45) is 0.903. The van der Waals surface area contributed by atoms with Gasteiger partial charge in [0.05, 0.1) is 4.92 Å². The van der Waals surface area contributed by atoms with E-state index in [2.05, 4.69) is 23.7 Å². The van der Waals surface area contributed by atoms with Gasteiger partial charge >= 0.3 is 0 Å². The first-order chi connectivity index (χ1) is 9.06. The Hall–Kier alpha value is -2.08. The second-order valence-corrected chi connectivity index (χ2v) is 5.19. The van der Waals surface area contributed by atoms with E-state index in [4.69, 9.17) is 5.73 Å². The second-order valence-electron chi connectivity index (χ2n) is 4.41. The lowest BCUT2D eigenvalue weighted by atomic mass is 10.1. The average Bonchev–Trinajstić information content (AvgIpc) is 2.81. The van der Waals surface area contributed by atoms with Crippen LogP contribution in [0.15, 0.2) is 35.0 Å². The lowest BCUT2D eigenvalue weighted by Crippen LogP contribution is -2.17. The molecule has 2 rings (SSSR count). The molecule has 0 saturated heterocycles. The van der Waals surface area contributed by atoms with Crippen LogP contribution in [0.2, 0.25) is 0 Å². The van der Waals surface area contributed by atoms with E-state index in [-0.39, 0.29) is 17.4 Å². The van der Waals surface area contributed by atoms with Crippen LogP contribution in [0.25, 0.3) is 0 Å². The van der Waals surface area contributed by atoms with Gasteiger partial charge in [-0.3, -0.25) is 10.1 Å². The van der Waals surface area contributed by atoms with Crippen molar-refractivity contribution in [3.8, 4) is 0 Å². The van der Waals surface area contributed by atoms with Crippen molar-refractivity contribution in [1.29, 1.82) is 0 Å². The molecular formula is C13H15N3O2S. The lowest BCUT2D eigenvalue weighted by Gasteiger charge is -2.14. The maximum atomic E-state index is 10.7. The highest BCUT2D eigenvalue weighted by atomic mass is 32.1. The second kappa shape index (κ2) is 5.71. The topological polar surface area (TPSA) is 81.2 Å². The standard InChI is InChI=1S/C13H15N3O2S/c1-9(6-10-4-5-19-8-10)15-11-2-3-13(16(17)18)12(14)7-11/h2-5,7-9,15H,6,14H2,1H3. The summed E-state index contributed by atoms with van der Waals surface area (Å²) in [5.74, 6) is 0. The summed E-state index contributed by atoms with van der Waals surface area (Å²) in [7, 11) is 0. The highest BCUT2D eigenvalue weighted by Crippen LogP contribution is 2.25. The molecule has 0 fully saturated rings. The minimum atomic E-state index is -0.478. The van der Waals surface area contributed by atoms with Gasteiger partial charge in [-0.15, -0.1) is 0 Å². The maximum Gasteiger partial charge on any atom is 0.292 e. The van der Waals surface area contributed by atoms with Crippen LogP contribution in [0.3, 0.4) is 0 Å². The number of nitrogens with one attached hydrogen (secondary N) is 1. The largest absolute Gasteiger partial charge is 0.393 e. The van der Waals surface area contributed by atoms with Crippen LogP contribution in [0.5, 0.6) is 0 Å². The summed E-state index contributed by atoms with van der Waals surface area (Å²) in [5, 5.41) is 18.1. The Morgan fingerprint density at radius 2 is 2.26 bits per heavy atom. The van der Waals surface area contributed by atoms with Crippen LogP contribution in [-0.4, -0.2) is 11.0 Å². The molecule has 0 radical (unpaired) electrons. The number of hydrogen-bond donors (Lipinski definition) is 2. The van der Waals surface area contributed by atoms with Gasteiger partial charge in [-0.2, -0.15) is 11.3 Å². The summed E-state index contributed by atoms with van der Waals surface area (Å²) < 4.78 is 0. The van der Waals surface area contributed by atoms with Gasteiger partial charge in [-0.1, -0.05) is 0 Å². The van der Waals surface area contributed by atoms with Crippen molar-refractivity contribution in [2.24, 2.45) is 0 Å². The number of nitrogens with two attached hydrogens (primary N) is 1. The Morgan fingerprint density at radius 1 is 1.47 bits per heavy atom. The predicted octanol–water partition coefficient (Wildman–Crippen LogP) is 3.28. The number of benzene rings is 1. The summed E-state index contributed by atoms with van der Waals surface area (Å²) in [6, 6.07) is 7.03. The van der Waals surface area contributed by atoms with E-state index in [9.17, 15) is 10.1 Å². The first-order valence-electron chi connectivity index (χ1n) is 5.88. The Kier molecular flexibility index (Phi) is 4.01. The molecule has 1 heterocycles. The minimum Gasteiger partial charge on any atom is -0.393 e. The number of hydrogen-bond acceptors (Lipinski definition) is 5. The van der Waals surface area contributed by atoms with Gasteiger partial charge in [0.15, 0.2) is 0 Å². The number of thiophene rings is 1. The molecule has 5 nitrogen and oxygen atoms in total. The van der Waals surface area contributed by atoms with Crippen molar-refractivity contribution < 1.29 is 4.92 Å². The number of anilines is 2. The van der Waals surface area contributed by atoms with Crippen LogP contribution >= 0.6 is 11.3 Å². The number of nitrogen functional groups attached to an aromatic ring is 1. The quantitative estimate of drug-likeness (QED) is 0.499. The fraction of sp³-hybridized carbons (Fsp3) is 0.231. The van der Waals surface area contributed by atoms with Gasteiger partial charge in [0, 0.05) is 17.8 Å². The highest BCUT2D eigenvalue weighted by Gasteiger charge is 2.12. The first-order valence-corrected chi connectivity index (χ1v) is 6.82. The predicted molar refractivity (Wildman–Crippen MR) is 78.6 cm³/mol. The smallest absolute Gasteiger partial charge is 0.292 e.